The van der Waals surface area contributed by atoms with Gasteiger partial charge in [-0.3, -0.25) is 0 Å². The molecule has 0 spiro atoms. The van der Waals surface area contributed by atoms with E-state index in [1.165, 1.54) is 17.8 Å². The first kappa shape index (κ1) is 20.3. The van der Waals surface area contributed by atoms with Crippen LogP contribution in [0.4, 0.5) is 10.1 Å². The monoisotopic (exact) mass is 431 g/mol. The number of nitrogens with zero attached hydrogens (tertiary/aromatic N) is 5. The first-order chi connectivity index (χ1) is 15.5. The zero-order valence-corrected chi connectivity index (χ0v) is 18.5. The smallest absolute Gasteiger partial charge is 0.145 e. The number of anilines is 1. The number of fused-ring (bicyclic) bond motifs is 1. The van der Waals surface area contributed by atoms with Crippen molar-refractivity contribution < 1.29 is 9.13 Å². The van der Waals surface area contributed by atoms with Crippen LogP contribution in [0.2, 0.25) is 0 Å². The van der Waals surface area contributed by atoms with Crippen LogP contribution < -0.4 is 9.64 Å². The van der Waals surface area contributed by atoms with Crippen LogP contribution in [0.15, 0.2) is 61.2 Å². The highest BCUT2D eigenvalue weighted by Gasteiger charge is 2.26. The first-order valence-electron chi connectivity index (χ1n) is 10.8. The number of benzene rings is 2. The molecule has 0 amide bonds. The van der Waals surface area contributed by atoms with Crippen LogP contribution in [0, 0.1) is 12.7 Å². The van der Waals surface area contributed by atoms with Gasteiger partial charge in [-0.25, -0.2) is 14.1 Å². The van der Waals surface area contributed by atoms with Crippen molar-refractivity contribution >= 4 is 5.69 Å². The van der Waals surface area contributed by atoms with E-state index in [-0.39, 0.29) is 11.9 Å². The molecule has 32 heavy (non-hydrogen) atoms. The molecule has 0 saturated carbocycles. The highest BCUT2D eigenvalue weighted by Crippen LogP contribution is 2.36. The van der Waals surface area contributed by atoms with E-state index in [2.05, 4.69) is 22.9 Å². The summed E-state index contributed by atoms with van der Waals surface area (Å²) >= 11 is 0. The Hall–Kier alpha value is -3.61. The van der Waals surface area contributed by atoms with E-state index in [0.29, 0.717) is 0 Å². The maximum atomic E-state index is 13.4. The number of hydrogen-bond donors (Lipinski definition) is 0. The third-order valence-corrected chi connectivity index (χ3v) is 6.19. The molecule has 1 unspecified atom stereocenters. The minimum absolute atomic E-state index is 0.133. The van der Waals surface area contributed by atoms with Crippen molar-refractivity contribution in [3.8, 4) is 17.1 Å². The van der Waals surface area contributed by atoms with Crippen LogP contribution in [0.25, 0.3) is 11.4 Å². The molecule has 6 nitrogen and oxygen atoms in total. The maximum absolute atomic E-state index is 13.4. The molecule has 4 aromatic rings. The van der Waals surface area contributed by atoms with Crippen LogP contribution >= 0.6 is 0 Å². The van der Waals surface area contributed by atoms with Gasteiger partial charge >= 0.3 is 0 Å². The molecule has 0 N–H and O–H groups in total. The normalized spacial score (nSPS) is 14.3. The number of rotatable bonds is 5. The lowest BCUT2D eigenvalue weighted by Crippen LogP contribution is -2.32. The number of aryl methyl sites for hydroxylation is 1. The fourth-order valence-electron chi connectivity index (χ4n) is 4.49. The minimum Gasteiger partial charge on any atom is -0.494 e. The average molecular weight is 432 g/mol. The molecule has 1 aliphatic rings. The number of methoxy groups -OCH3 is 1. The molecular formula is C25H26FN5O. The van der Waals surface area contributed by atoms with Crippen molar-refractivity contribution in [2.75, 3.05) is 18.6 Å². The Morgan fingerprint density at radius 2 is 1.91 bits per heavy atom. The fraction of sp³-hybridized carbons (Fsp3) is 0.280. The lowest BCUT2D eigenvalue weighted by Gasteiger charge is -2.34. The molecule has 7 heteroatoms. The molecule has 1 aliphatic heterocycles. The van der Waals surface area contributed by atoms with Crippen LogP contribution in [0.1, 0.15) is 36.3 Å². The van der Waals surface area contributed by atoms with Crippen LogP contribution in [-0.2, 0) is 6.42 Å². The largest absolute Gasteiger partial charge is 0.494 e. The second-order valence-corrected chi connectivity index (χ2v) is 8.19. The second kappa shape index (κ2) is 8.15. The molecule has 5 rings (SSSR count). The van der Waals surface area contributed by atoms with Crippen molar-refractivity contribution in [3.05, 3.63) is 84.0 Å². The van der Waals surface area contributed by atoms with Gasteiger partial charge in [0.1, 0.15) is 11.6 Å². The summed E-state index contributed by atoms with van der Waals surface area (Å²) in [5.41, 5.74) is 6.24. The van der Waals surface area contributed by atoms with Gasteiger partial charge in [0.15, 0.2) is 0 Å². The molecule has 0 radical (unpaired) electrons. The Morgan fingerprint density at radius 3 is 2.62 bits per heavy atom. The molecule has 0 fully saturated rings. The summed E-state index contributed by atoms with van der Waals surface area (Å²) in [6.45, 7) is 5.07. The molecule has 1 atom stereocenters. The van der Waals surface area contributed by atoms with Crippen LogP contribution in [0.5, 0.6) is 5.75 Å². The molecule has 0 aliphatic carbocycles. The van der Waals surface area contributed by atoms with Gasteiger partial charge in [-0.15, -0.1) is 0 Å². The van der Waals surface area contributed by atoms with E-state index >= 15 is 0 Å². The molecule has 0 bridgehead atoms. The van der Waals surface area contributed by atoms with Crippen molar-refractivity contribution in [1.82, 2.24) is 19.3 Å². The highest BCUT2D eigenvalue weighted by molar-refractivity contribution is 5.59. The Labute approximate surface area is 186 Å². The lowest BCUT2D eigenvalue weighted by atomic mass is 10.0. The van der Waals surface area contributed by atoms with E-state index in [0.717, 1.165) is 53.5 Å². The van der Waals surface area contributed by atoms with Crippen LogP contribution in [0.3, 0.4) is 0 Å². The van der Waals surface area contributed by atoms with Gasteiger partial charge in [0.25, 0.3) is 0 Å². The number of halogens is 1. The Morgan fingerprint density at radius 1 is 1.09 bits per heavy atom. The van der Waals surface area contributed by atoms with Gasteiger partial charge < -0.3 is 14.2 Å². The number of hydrogen-bond acceptors (Lipinski definition) is 4. The zero-order valence-electron chi connectivity index (χ0n) is 18.5. The predicted molar refractivity (Wildman–Crippen MR) is 122 cm³/mol. The molecule has 2 aromatic carbocycles. The zero-order chi connectivity index (χ0) is 22.2. The maximum Gasteiger partial charge on any atom is 0.145 e. The summed E-state index contributed by atoms with van der Waals surface area (Å²) in [4.78, 5) is 6.67. The van der Waals surface area contributed by atoms with Crippen molar-refractivity contribution in [2.45, 2.75) is 32.7 Å². The van der Waals surface area contributed by atoms with E-state index in [9.17, 15) is 4.39 Å². The van der Waals surface area contributed by atoms with Crippen molar-refractivity contribution in [2.24, 2.45) is 0 Å². The summed E-state index contributed by atoms with van der Waals surface area (Å²) < 4.78 is 23.0. The summed E-state index contributed by atoms with van der Waals surface area (Å²) in [5, 5.41) is 4.73. The quantitative estimate of drug-likeness (QED) is 0.445. The molecule has 3 heterocycles. The first-order valence-corrected chi connectivity index (χ1v) is 10.8. The Kier molecular flexibility index (Phi) is 5.17. The Bertz CT molecular complexity index is 1240. The van der Waals surface area contributed by atoms with Gasteiger partial charge in [-0.2, -0.15) is 5.10 Å². The van der Waals surface area contributed by atoms with Gasteiger partial charge in [0.2, 0.25) is 0 Å². The molecule has 164 valence electrons. The number of ether oxygens (including phenoxy) is 1. The summed E-state index contributed by atoms with van der Waals surface area (Å²) in [5.74, 6) is 0.549. The van der Waals surface area contributed by atoms with E-state index in [4.69, 9.17) is 9.84 Å². The minimum atomic E-state index is -0.212. The number of aromatic nitrogens is 4. The third kappa shape index (κ3) is 3.53. The SMILES string of the molecule is COc1cc(-n2ncc3c2CCCN3C(C)c2ccc(F)cc2)ccc1-n1cnc(C)c1. The van der Waals surface area contributed by atoms with Gasteiger partial charge in [-0.05, 0) is 56.5 Å². The van der Waals surface area contributed by atoms with E-state index in [1.54, 1.807) is 13.4 Å². The Balaban J connectivity index is 1.49. The fourth-order valence-corrected chi connectivity index (χ4v) is 4.49. The topological polar surface area (TPSA) is 48.1 Å². The van der Waals surface area contributed by atoms with Crippen LogP contribution in [-0.4, -0.2) is 33.0 Å². The third-order valence-electron chi connectivity index (χ3n) is 6.19. The van der Waals surface area contributed by atoms with Gasteiger partial charge in [-0.1, -0.05) is 12.1 Å². The van der Waals surface area contributed by atoms with Gasteiger partial charge in [0.05, 0.1) is 54.1 Å². The van der Waals surface area contributed by atoms with E-state index < -0.39 is 0 Å². The lowest BCUT2D eigenvalue weighted by molar-refractivity contribution is 0.412. The standard InChI is InChI=1S/C25H26FN5O/c1-17-15-29(16-27-17)23-11-10-21(13-25(23)32-3)31-22-5-4-12-30(24(22)14-28-31)18(2)19-6-8-20(26)9-7-19/h6-11,13-16,18H,4-5,12H2,1-3H3. The second-order valence-electron chi connectivity index (χ2n) is 8.19. The molecule has 0 saturated heterocycles. The summed E-state index contributed by atoms with van der Waals surface area (Å²) in [6.07, 6.45) is 7.69. The van der Waals surface area contributed by atoms with Gasteiger partial charge in [0, 0.05) is 18.8 Å². The van der Waals surface area contributed by atoms with E-state index in [1.807, 2.05) is 52.8 Å². The highest BCUT2D eigenvalue weighted by atomic mass is 19.1. The van der Waals surface area contributed by atoms with Crippen molar-refractivity contribution in [1.29, 1.82) is 0 Å². The summed E-state index contributed by atoms with van der Waals surface area (Å²) in [6, 6.07) is 13.0. The predicted octanol–water partition coefficient (Wildman–Crippen LogP) is 5.03. The summed E-state index contributed by atoms with van der Waals surface area (Å²) in [7, 11) is 1.68. The molecule has 2 aromatic heterocycles. The average Bonchev–Trinajstić information content (AvgIpc) is 3.45. The van der Waals surface area contributed by atoms with Crippen molar-refractivity contribution in [3.63, 3.8) is 0 Å². The molecular weight excluding hydrogens is 405 g/mol. The number of imidazole rings is 1.